The largest absolute Gasteiger partial charge is 0.465 e. The molecule has 116 valence electrons. The Morgan fingerprint density at radius 2 is 2.14 bits per heavy atom. The number of methoxy groups -OCH3 is 1. The lowest BCUT2D eigenvalue weighted by Crippen LogP contribution is -2.27. The van der Waals surface area contributed by atoms with Crippen molar-refractivity contribution in [3.8, 4) is 0 Å². The maximum Gasteiger partial charge on any atom is 0.340 e. The number of ether oxygens (including phenoxy) is 1. The second-order valence-electron chi connectivity index (χ2n) is 3.88. The summed E-state index contributed by atoms with van der Waals surface area (Å²) in [7, 11) is 0.983. The maximum absolute atomic E-state index is 13.6. The summed E-state index contributed by atoms with van der Waals surface area (Å²) >= 11 is 0. The van der Waals surface area contributed by atoms with Crippen molar-refractivity contribution >= 4 is 17.3 Å². The second kappa shape index (κ2) is 6.88. The van der Waals surface area contributed by atoms with Gasteiger partial charge in [0, 0.05) is 6.54 Å². The van der Waals surface area contributed by atoms with Gasteiger partial charge in [-0.05, 0) is 6.07 Å². The van der Waals surface area contributed by atoms with Gasteiger partial charge < -0.3 is 15.2 Å². The summed E-state index contributed by atoms with van der Waals surface area (Å²) in [4.78, 5) is 21.1. The van der Waals surface area contributed by atoms with Crippen molar-refractivity contribution < 1.29 is 32.7 Å². The number of nitrogens with zero attached hydrogens (tertiary/aromatic N) is 1. The van der Waals surface area contributed by atoms with Crippen LogP contribution in [0.5, 0.6) is 0 Å². The highest BCUT2D eigenvalue weighted by Crippen LogP contribution is 2.28. The van der Waals surface area contributed by atoms with Crippen molar-refractivity contribution in [1.82, 2.24) is 0 Å². The molecule has 0 aliphatic heterocycles. The Hall–Kier alpha value is -2.36. The van der Waals surface area contributed by atoms with Gasteiger partial charge in [0.1, 0.15) is 17.6 Å². The molecule has 1 atom stereocenters. The highest BCUT2D eigenvalue weighted by Gasteiger charge is 2.24. The Bertz CT molecular complexity index is 553. The molecular weight excluding hydrogens is 297 g/mol. The minimum absolute atomic E-state index is 0.387. The lowest BCUT2D eigenvalue weighted by Gasteiger charge is -2.13. The van der Waals surface area contributed by atoms with Crippen LogP contribution in [-0.2, 0) is 4.74 Å². The number of aliphatic hydroxyl groups excluding tert-OH is 1. The van der Waals surface area contributed by atoms with Crippen LogP contribution in [0.1, 0.15) is 10.4 Å². The van der Waals surface area contributed by atoms with E-state index >= 15 is 0 Å². The smallest absolute Gasteiger partial charge is 0.340 e. The van der Waals surface area contributed by atoms with Crippen LogP contribution in [-0.4, -0.2) is 42.2 Å². The van der Waals surface area contributed by atoms with Crippen LogP contribution in [0.3, 0.4) is 0 Å². The fourth-order valence-electron chi connectivity index (χ4n) is 1.43. The molecule has 0 fully saturated rings. The minimum atomic E-state index is -3.06. The third-order valence-electron chi connectivity index (χ3n) is 2.48. The van der Waals surface area contributed by atoms with Crippen molar-refractivity contribution in [3.63, 3.8) is 0 Å². The first kappa shape index (κ1) is 16.7. The van der Waals surface area contributed by atoms with E-state index in [1.54, 1.807) is 0 Å². The molecular formula is C11H11F3N2O5. The highest BCUT2D eigenvalue weighted by atomic mass is 19.3. The molecule has 0 bridgehead atoms. The van der Waals surface area contributed by atoms with Crippen molar-refractivity contribution in [2.75, 3.05) is 19.0 Å². The van der Waals surface area contributed by atoms with Crippen LogP contribution in [0.15, 0.2) is 12.1 Å². The van der Waals surface area contributed by atoms with E-state index in [-0.39, 0.29) is 5.69 Å². The Morgan fingerprint density at radius 3 is 2.62 bits per heavy atom. The highest BCUT2D eigenvalue weighted by molar-refractivity contribution is 5.91. The molecule has 0 saturated carbocycles. The molecule has 2 N–H and O–H groups in total. The SMILES string of the molecule is COC(=O)c1cc(NCC(O)C(F)F)c([N+](=O)[O-])cc1F. The molecule has 0 heterocycles. The molecule has 0 amide bonds. The van der Waals surface area contributed by atoms with Gasteiger partial charge in [-0.15, -0.1) is 0 Å². The maximum atomic E-state index is 13.6. The number of carbonyl (C=O) groups is 1. The molecule has 0 aromatic heterocycles. The van der Waals surface area contributed by atoms with E-state index in [4.69, 9.17) is 5.11 Å². The van der Waals surface area contributed by atoms with E-state index in [2.05, 4.69) is 10.1 Å². The molecule has 1 rings (SSSR count). The molecule has 1 aromatic rings. The van der Waals surface area contributed by atoms with Gasteiger partial charge in [-0.3, -0.25) is 10.1 Å². The molecule has 0 radical (unpaired) electrons. The Labute approximate surface area is 116 Å². The number of nitro groups is 1. The molecule has 21 heavy (non-hydrogen) atoms. The molecule has 1 unspecified atom stereocenters. The van der Waals surface area contributed by atoms with Crippen LogP contribution in [0.25, 0.3) is 0 Å². The van der Waals surface area contributed by atoms with Gasteiger partial charge >= 0.3 is 5.97 Å². The number of benzene rings is 1. The first-order valence-corrected chi connectivity index (χ1v) is 5.54. The van der Waals surface area contributed by atoms with E-state index in [1.807, 2.05) is 0 Å². The van der Waals surface area contributed by atoms with E-state index in [9.17, 15) is 28.1 Å². The summed E-state index contributed by atoms with van der Waals surface area (Å²) in [5.74, 6) is -2.27. The average Bonchev–Trinajstić information content (AvgIpc) is 2.43. The van der Waals surface area contributed by atoms with Gasteiger partial charge in [-0.25, -0.2) is 18.0 Å². The number of rotatable bonds is 6. The summed E-state index contributed by atoms with van der Waals surface area (Å²) in [6.07, 6.45) is -5.13. The van der Waals surface area contributed by atoms with Gasteiger partial charge in [0.05, 0.1) is 23.7 Å². The van der Waals surface area contributed by atoms with Crippen molar-refractivity contribution in [2.45, 2.75) is 12.5 Å². The predicted octanol–water partition coefficient (Wildman–Crippen LogP) is 1.56. The third-order valence-corrected chi connectivity index (χ3v) is 2.48. The second-order valence-corrected chi connectivity index (χ2v) is 3.88. The molecule has 10 heteroatoms. The summed E-state index contributed by atoms with van der Waals surface area (Å²) in [6.45, 7) is -0.718. The standard InChI is InChI=1S/C11H11F3N2O5/c1-21-11(18)5-2-7(15-4-9(17)10(13)14)8(16(19)20)3-6(5)12/h2-3,9-10,15,17H,4H2,1H3. The van der Waals surface area contributed by atoms with Gasteiger partial charge in [-0.2, -0.15) is 0 Å². The van der Waals surface area contributed by atoms with Crippen LogP contribution >= 0.6 is 0 Å². The molecule has 1 aromatic carbocycles. The Kier molecular flexibility index (Phi) is 5.47. The third kappa shape index (κ3) is 4.05. The summed E-state index contributed by atoms with van der Waals surface area (Å²) in [5.41, 5.74) is -1.75. The predicted molar refractivity (Wildman–Crippen MR) is 64.9 cm³/mol. The zero-order valence-electron chi connectivity index (χ0n) is 10.7. The van der Waals surface area contributed by atoms with Crippen LogP contribution in [0.2, 0.25) is 0 Å². The van der Waals surface area contributed by atoms with Crippen LogP contribution in [0.4, 0.5) is 24.5 Å². The van der Waals surface area contributed by atoms with Crippen LogP contribution < -0.4 is 5.32 Å². The number of alkyl halides is 2. The van der Waals surface area contributed by atoms with E-state index in [0.29, 0.717) is 6.07 Å². The number of carbonyl (C=O) groups excluding carboxylic acids is 1. The molecule has 0 spiro atoms. The fraction of sp³-hybridized carbons (Fsp3) is 0.364. The number of hydrogen-bond donors (Lipinski definition) is 2. The first-order valence-electron chi connectivity index (χ1n) is 5.54. The van der Waals surface area contributed by atoms with E-state index in [0.717, 1.165) is 13.2 Å². The number of aliphatic hydroxyl groups is 1. The number of hydrogen-bond acceptors (Lipinski definition) is 6. The van der Waals surface area contributed by atoms with Crippen LogP contribution in [0, 0.1) is 15.9 Å². The number of nitro benzene ring substituents is 1. The zero-order chi connectivity index (χ0) is 16.2. The first-order chi connectivity index (χ1) is 9.77. The number of anilines is 1. The zero-order valence-corrected chi connectivity index (χ0v) is 10.7. The van der Waals surface area contributed by atoms with E-state index in [1.165, 1.54) is 0 Å². The molecule has 0 saturated heterocycles. The van der Waals surface area contributed by atoms with Gasteiger partial charge in [0.15, 0.2) is 0 Å². The normalized spacial score (nSPS) is 12.1. The van der Waals surface area contributed by atoms with Crippen molar-refractivity contribution in [2.24, 2.45) is 0 Å². The van der Waals surface area contributed by atoms with Crippen molar-refractivity contribution in [3.05, 3.63) is 33.6 Å². The molecule has 7 nitrogen and oxygen atoms in total. The lowest BCUT2D eigenvalue weighted by molar-refractivity contribution is -0.384. The lowest BCUT2D eigenvalue weighted by atomic mass is 10.1. The topological polar surface area (TPSA) is 102 Å². The number of halogens is 3. The Balaban J connectivity index is 3.14. The summed E-state index contributed by atoms with van der Waals surface area (Å²) < 4.78 is 42.2. The summed E-state index contributed by atoms with van der Waals surface area (Å²) in [6, 6.07) is 1.22. The van der Waals surface area contributed by atoms with Gasteiger partial charge in [0.2, 0.25) is 0 Å². The molecule has 0 aliphatic carbocycles. The number of esters is 1. The quantitative estimate of drug-likeness (QED) is 0.470. The van der Waals surface area contributed by atoms with Gasteiger partial charge in [-0.1, -0.05) is 0 Å². The fourth-order valence-corrected chi connectivity index (χ4v) is 1.43. The minimum Gasteiger partial charge on any atom is -0.465 e. The average molecular weight is 308 g/mol. The monoisotopic (exact) mass is 308 g/mol. The van der Waals surface area contributed by atoms with E-state index < -0.39 is 47.0 Å². The van der Waals surface area contributed by atoms with Gasteiger partial charge in [0.25, 0.3) is 12.1 Å². The Morgan fingerprint density at radius 1 is 1.52 bits per heavy atom. The van der Waals surface area contributed by atoms with Crippen molar-refractivity contribution in [1.29, 1.82) is 0 Å². The molecule has 0 aliphatic rings. The number of nitrogens with one attached hydrogen (secondary N) is 1. The summed E-state index contributed by atoms with van der Waals surface area (Å²) in [5, 5.41) is 21.9.